The van der Waals surface area contributed by atoms with Crippen molar-refractivity contribution < 1.29 is 18.0 Å². The lowest BCUT2D eigenvalue weighted by Crippen LogP contribution is -2.35. The van der Waals surface area contributed by atoms with Crippen LogP contribution in [-0.4, -0.2) is 39.1 Å². The molecule has 9 heteroatoms. The molecule has 0 aliphatic carbocycles. The van der Waals surface area contributed by atoms with Gasteiger partial charge in [-0.05, 0) is 49.2 Å². The molecule has 7 nitrogen and oxygen atoms in total. The van der Waals surface area contributed by atoms with Crippen LogP contribution in [0.2, 0.25) is 0 Å². The van der Waals surface area contributed by atoms with Crippen LogP contribution in [-0.2, 0) is 14.8 Å². The van der Waals surface area contributed by atoms with Gasteiger partial charge in [0.2, 0.25) is 15.9 Å². The standard InChI is InChI=1S/C19H21N3O4S2/c1-12-3-4-13(2)17(9-12)28(25,26)21-8-7-20-19(24)14-5-6-16-15(10-14)22-18(23)11-27-16/h3-6,9-10,21H,7-8,11H2,1-2H3,(H,20,24)(H,22,23). The number of carbonyl (C=O) groups excluding carboxylic acids is 2. The van der Waals surface area contributed by atoms with Crippen LogP contribution >= 0.6 is 11.8 Å². The Balaban J connectivity index is 1.56. The van der Waals surface area contributed by atoms with E-state index in [1.54, 1.807) is 37.3 Å². The van der Waals surface area contributed by atoms with Gasteiger partial charge < -0.3 is 10.6 Å². The molecule has 0 radical (unpaired) electrons. The van der Waals surface area contributed by atoms with Crippen molar-refractivity contribution in [3.05, 3.63) is 53.1 Å². The van der Waals surface area contributed by atoms with Crippen LogP contribution in [0.4, 0.5) is 5.69 Å². The summed E-state index contributed by atoms with van der Waals surface area (Å²) in [7, 11) is -3.65. The SMILES string of the molecule is Cc1ccc(C)c(S(=O)(=O)NCCNC(=O)c2ccc3c(c2)NC(=O)CS3)c1. The number of nitrogens with one attached hydrogen (secondary N) is 3. The maximum atomic E-state index is 12.4. The van der Waals surface area contributed by atoms with Crippen molar-refractivity contribution in [1.82, 2.24) is 10.0 Å². The first-order valence-electron chi connectivity index (χ1n) is 8.68. The van der Waals surface area contributed by atoms with Gasteiger partial charge in [0.15, 0.2) is 0 Å². The minimum absolute atomic E-state index is 0.0684. The van der Waals surface area contributed by atoms with Gasteiger partial charge in [0.1, 0.15) is 0 Å². The molecule has 1 aliphatic heterocycles. The summed E-state index contributed by atoms with van der Waals surface area (Å²) in [6.07, 6.45) is 0. The summed E-state index contributed by atoms with van der Waals surface area (Å²) in [5.41, 5.74) is 2.54. The quantitative estimate of drug-likeness (QED) is 0.622. The lowest BCUT2D eigenvalue weighted by molar-refractivity contribution is -0.113. The van der Waals surface area contributed by atoms with Gasteiger partial charge in [0.25, 0.3) is 5.91 Å². The lowest BCUT2D eigenvalue weighted by Gasteiger charge is -2.17. The Hall–Kier alpha value is -2.36. The van der Waals surface area contributed by atoms with Gasteiger partial charge in [-0.3, -0.25) is 9.59 Å². The van der Waals surface area contributed by atoms with E-state index in [0.29, 0.717) is 22.6 Å². The van der Waals surface area contributed by atoms with E-state index in [0.717, 1.165) is 10.5 Å². The summed E-state index contributed by atoms with van der Waals surface area (Å²) in [5.74, 6) is -0.0755. The van der Waals surface area contributed by atoms with Crippen molar-refractivity contribution in [1.29, 1.82) is 0 Å². The molecule has 0 atom stereocenters. The Morgan fingerprint density at radius 1 is 1.14 bits per heavy atom. The Morgan fingerprint density at radius 2 is 1.93 bits per heavy atom. The van der Waals surface area contributed by atoms with Crippen LogP contribution < -0.4 is 15.4 Å². The number of fused-ring (bicyclic) bond motifs is 1. The molecule has 2 amide bonds. The highest BCUT2D eigenvalue weighted by molar-refractivity contribution is 8.00. The lowest BCUT2D eigenvalue weighted by atomic mass is 10.2. The molecule has 0 spiro atoms. The predicted octanol–water partition coefficient (Wildman–Crippen LogP) is 2.06. The predicted molar refractivity (Wildman–Crippen MR) is 109 cm³/mol. The van der Waals surface area contributed by atoms with Crippen LogP contribution in [0.5, 0.6) is 0 Å². The molecule has 0 aromatic heterocycles. The minimum Gasteiger partial charge on any atom is -0.351 e. The molecule has 3 N–H and O–H groups in total. The highest BCUT2D eigenvalue weighted by atomic mass is 32.2. The normalized spacial score (nSPS) is 13.6. The second-order valence-corrected chi connectivity index (χ2v) is 9.22. The van der Waals surface area contributed by atoms with E-state index < -0.39 is 10.0 Å². The number of hydrogen-bond donors (Lipinski definition) is 3. The smallest absolute Gasteiger partial charge is 0.251 e. The van der Waals surface area contributed by atoms with E-state index in [2.05, 4.69) is 15.4 Å². The van der Waals surface area contributed by atoms with E-state index in [-0.39, 0.29) is 29.8 Å². The van der Waals surface area contributed by atoms with Crippen LogP contribution in [0.25, 0.3) is 0 Å². The highest BCUT2D eigenvalue weighted by Gasteiger charge is 2.18. The molecule has 2 aromatic carbocycles. The maximum absolute atomic E-state index is 12.4. The van der Waals surface area contributed by atoms with E-state index in [1.807, 2.05) is 13.0 Å². The zero-order valence-corrected chi connectivity index (χ0v) is 17.2. The third-order valence-electron chi connectivity index (χ3n) is 4.21. The average Bonchev–Trinajstić information content (AvgIpc) is 2.66. The van der Waals surface area contributed by atoms with Crippen LogP contribution in [0, 0.1) is 13.8 Å². The van der Waals surface area contributed by atoms with Crippen LogP contribution in [0.3, 0.4) is 0 Å². The number of hydrogen-bond acceptors (Lipinski definition) is 5. The number of benzene rings is 2. The first kappa shape index (κ1) is 20.4. The summed E-state index contributed by atoms with van der Waals surface area (Å²) in [4.78, 5) is 24.9. The summed E-state index contributed by atoms with van der Waals surface area (Å²) in [6.45, 7) is 3.78. The largest absolute Gasteiger partial charge is 0.351 e. The average molecular weight is 420 g/mol. The summed E-state index contributed by atoms with van der Waals surface area (Å²) in [5, 5.41) is 5.42. The molecule has 3 rings (SSSR count). The fourth-order valence-corrected chi connectivity index (χ4v) is 4.91. The molecular weight excluding hydrogens is 398 g/mol. The first-order valence-corrected chi connectivity index (χ1v) is 11.1. The number of rotatable bonds is 6. The fraction of sp³-hybridized carbons (Fsp3) is 0.263. The van der Waals surface area contributed by atoms with Crippen molar-refractivity contribution in [2.75, 3.05) is 24.2 Å². The van der Waals surface area contributed by atoms with Crippen molar-refractivity contribution in [3.63, 3.8) is 0 Å². The zero-order chi connectivity index (χ0) is 20.3. The maximum Gasteiger partial charge on any atom is 0.251 e. The van der Waals surface area contributed by atoms with Gasteiger partial charge in [-0.1, -0.05) is 12.1 Å². The number of thioether (sulfide) groups is 1. The number of aryl methyl sites for hydroxylation is 2. The van der Waals surface area contributed by atoms with E-state index in [9.17, 15) is 18.0 Å². The molecule has 0 fully saturated rings. The second-order valence-electron chi connectivity index (χ2n) is 6.47. The topological polar surface area (TPSA) is 104 Å². The van der Waals surface area contributed by atoms with Crippen molar-refractivity contribution >= 4 is 39.3 Å². The molecular formula is C19H21N3O4S2. The Morgan fingerprint density at radius 3 is 2.71 bits per heavy atom. The number of carbonyl (C=O) groups is 2. The Bertz CT molecular complexity index is 1040. The number of amides is 2. The third-order valence-corrected chi connectivity index (χ3v) is 6.89. The van der Waals surface area contributed by atoms with Gasteiger partial charge in [-0.2, -0.15) is 0 Å². The van der Waals surface area contributed by atoms with Crippen molar-refractivity contribution in [2.24, 2.45) is 0 Å². The molecule has 28 heavy (non-hydrogen) atoms. The van der Waals surface area contributed by atoms with Crippen molar-refractivity contribution in [3.8, 4) is 0 Å². The molecule has 0 saturated heterocycles. The molecule has 2 aromatic rings. The number of sulfonamides is 1. The highest BCUT2D eigenvalue weighted by Crippen LogP contribution is 2.31. The van der Waals surface area contributed by atoms with Crippen LogP contribution in [0.1, 0.15) is 21.5 Å². The van der Waals surface area contributed by atoms with Gasteiger partial charge in [0.05, 0.1) is 16.3 Å². The van der Waals surface area contributed by atoms with E-state index in [1.165, 1.54) is 11.8 Å². The Labute approximate surface area is 168 Å². The minimum atomic E-state index is -3.65. The molecule has 148 valence electrons. The number of anilines is 1. The van der Waals surface area contributed by atoms with E-state index in [4.69, 9.17) is 0 Å². The van der Waals surface area contributed by atoms with E-state index >= 15 is 0 Å². The van der Waals surface area contributed by atoms with Crippen LogP contribution in [0.15, 0.2) is 46.2 Å². The molecule has 0 saturated carbocycles. The summed E-state index contributed by atoms with van der Waals surface area (Å²) in [6, 6.07) is 10.3. The molecule has 0 bridgehead atoms. The second kappa shape index (κ2) is 8.34. The van der Waals surface area contributed by atoms with Gasteiger partial charge in [-0.25, -0.2) is 13.1 Å². The zero-order valence-electron chi connectivity index (χ0n) is 15.5. The fourth-order valence-electron chi connectivity index (χ4n) is 2.76. The summed E-state index contributed by atoms with van der Waals surface area (Å²) < 4.78 is 27.4. The Kier molecular flexibility index (Phi) is 6.07. The van der Waals surface area contributed by atoms with Gasteiger partial charge in [0, 0.05) is 23.5 Å². The first-order chi connectivity index (χ1) is 13.3. The van der Waals surface area contributed by atoms with Gasteiger partial charge in [-0.15, -0.1) is 11.8 Å². The molecule has 0 unspecified atom stereocenters. The van der Waals surface area contributed by atoms with Crippen molar-refractivity contribution in [2.45, 2.75) is 23.6 Å². The van der Waals surface area contributed by atoms with Gasteiger partial charge >= 0.3 is 0 Å². The summed E-state index contributed by atoms with van der Waals surface area (Å²) >= 11 is 1.42. The molecule has 1 aliphatic rings. The molecule has 1 heterocycles. The third kappa shape index (κ3) is 4.73. The monoisotopic (exact) mass is 419 g/mol.